The third-order valence-electron chi connectivity index (χ3n) is 3.06. The van der Waals surface area contributed by atoms with Gasteiger partial charge >= 0.3 is 11.9 Å². The van der Waals surface area contributed by atoms with Crippen LogP contribution in [-0.4, -0.2) is 11.9 Å². The highest BCUT2D eigenvalue weighted by atomic mass is 16.6. The zero-order chi connectivity index (χ0) is 15.9. The van der Waals surface area contributed by atoms with Crippen molar-refractivity contribution in [3.63, 3.8) is 0 Å². The first-order valence-corrected chi connectivity index (χ1v) is 6.85. The second kappa shape index (κ2) is 7.18. The third kappa shape index (κ3) is 3.79. The Morgan fingerprint density at radius 2 is 1.59 bits per heavy atom. The van der Waals surface area contributed by atoms with Gasteiger partial charge in [0.1, 0.15) is 0 Å². The van der Waals surface area contributed by atoms with Crippen LogP contribution in [0.4, 0.5) is 0 Å². The molecular formula is C19H16O3. The molecule has 110 valence electrons. The van der Waals surface area contributed by atoms with Gasteiger partial charge in [0.05, 0.1) is 11.1 Å². The molecule has 0 unspecified atom stereocenters. The maximum atomic E-state index is 12.0. The SMILES string of the molecule is C=C(C(=O)OC(=O)c1ccc(C=CC)cc1)c1ccccc1. The van der Waals surface area contributed by atoms with E-state index in [0.717, 1.165) is 5.56 Å². The van der Waals surface area contributed by atoms with Gasteiger partial charge in [0.25, 0.3) is 0 Å². The van der Waals surface area contributed by atoms with Crippen molar-refractivity contribution in [2.45, 2.75) is 6.92 Å². The van der Waals surface area contributed by atoms with E-state index >= 15 is 0 Å². The van der Waals surface area contributed by atoms with Crippen LogP contribution in [-0.2, 0) is 9.53 Å². The molecule has 0 fully saturated rings. The van der Waals surface area contributed by atoms with Gasteiger partial charge in [0.2, 0.25) is 0 Å². The highest BCUT2D eigenvalue weighted by Crippen LogP contribution is 2.15. The van der Waals surface area contributed by atoms with Crippen LogP contribution in [0.3, 0.4) is 0 Å². The lowest BCUT2D eigenvalue weighted by atomic mass is 10.1. The number of hydrogen-bond donors (Lipinski definition) is 0. The van der Waals surface area contributed by atoms with Gasteiger partial charge in [-0.15, -0.1) is 0 Å². The summed E-state index contributed by atoms with van der Waals surface area (Å²) in [5, 5.41) is 0. The van der Waals surface area contributed by atoms with Crippen molar-refractivity contribution in [3.8, 4) is 0 Å². The Kier molecular flexibility index (Phi) is 5.04. The fourth-order valence-electron chi connectivity index (χ4n) is 1.88. The summed E-state index contributed by atoms with van der Waals surface area (Å²) < 4.78 is 4.86. The van der Waals surface area contributed by atoms with Crippen molar-refractivity contribution < 1.29 is 14.3 Å². The lowest BCUT2D eigenvalue weighted by molar-refractivity contribution is -0.131. The molecule has 0 amide bonds. The summed E-state index contributed by atoms with van der Waals surface area (Å²) in [5.74, 6) is -1.43. The summed E-state index contributed by atoms with van der Waals surface area (Å²) in [4.78, 5) is 23.9. The van der Waals surface area contributed by atoms with E-state index in [1.54, 1.807) is 48.5 Å². The van der Waals surface area contributed by atoms with Crippen molar-refractivity contribution >= 4 is 23.6 Å². The summed E-state index contributed by atoms with van der Waals surface area (Å²) in [6.45, 7) is 5.59. The van der Waals surface area contributed by atoms with Gasteiger partial charge in [-0.1, -0.05) is 61.2 Å². The molecule has 0 aliphatic carbocycles. The monoisotopic (exact) mass is 292 g/mol. The lowest BCUT2D eigenvalue weighted by Crippen LogP contribution is -2.13. The number of ether oxygens (including phenoxy) is 1. The molecule has 0 aliphatic heterocycles. The third-order valence-corrected chi connectivity index (χ3v) is 3.06. The summed E-state index contributed by atoms with van der Waals surface area (Å²) in [5.41, 5.74) is 2.07. The smallest absolute Gasteiger partial charge is 0.346 e. The fraction of sp³-hybridized carbons (Fsp3) is 0.0526. The van der Waals surface area contributed by atoms with E-state index in [0.29, 0.717) is 11.1 Å². The Balaban J connectivity index is 2.05. The maximum absolute atomic E-state index is 12.0. The van der Waals surface area contributed by atoms with Crippen LogP contribution >= 0.6 is 0 Å². The summed E-state index contributed by atoms with van der Waals surface area (Å²) >= 11 is 0. The zero-order valence-corrected chi connectivity index (χ0v) is 12.3. The molecule has 0 saturated heterocycles. The van der Waals surface area contributed by atoms with E-state index in [9.17, 15) is 9.59 Å². The van der Waals surface area contributed by atoms with Crippen molar-refractivity contribution in [1.29, 1.82) is 0 Å². The van der Waals surface area contributed by atoms with E-state index in [2.05, 4.69) is 6.58 Å². The van der Waals surface area contributed by atoms with E-state index < -0.39 is 11.9 Å². The second-order valence-corrected chi connectivity index (χ2v) is 4.64. The topological polar surface area (TPSA) is 43.4 Å². The Morgan fingerprint density at radius 3 is 2.18 bits per heavy atom. The van der Waals surface area contributed by atoms with Crippen LogP contribution in [0.15, 0.2) is 67.3 Å². The number of carbonyl (C=O) groups excluding carboxylic acids is 2. The van der Waals surface area contributed by atoms with Crippen molar-refractivity contribution in [3.05, 3.63) is 83.9 Å². The first kappa shape index (κ1) is 15.4. The molecule has 0 bridgehead atoms. The molecule has 0 radical (unpaired) electrons. The molecule has 22 heavy (non-hydrogen) atoms. The standard InChI is InChI=1S/C19H16O3/c1-3-7-15-10-12-17(13-11-15)19(21)22-18(20)14(2)16-8-5-4-6-9-16/h3-13H,2H2,1H3. The molecule has 3 heteroatoms. The second-order valence-electron chi connectivity index (χ2n) is 4.64. The van der Waals surface area contributed by atoms with Crippen molar-refractivity contribution in [2.75, 3.05) is 0 Å². The van der Waals surface area contributed by atoms with Crippen LogP contribution < -0.4 is 0 Å². The number of hydrogen-bond acceptors (Lipinski definition) is 3. The predicted molar refractivity (Wildman–Crippen MR) is 87.0 cm³/mol. The van der Waals surface area contributed by atoms with Crippen molar-refractivity contribution in [2.24, 2.45) is 0 Å². The summed E-state index contributed by atoms with van der Waals surface area (Å²) in [7, 11) is 0. The molecule has 2 aromatic carbocycles. The van der Waals surface area contributed by atoms with E-state index in [-0.39, 0.29) is 5.57 Å². The van der Waals surface area contributed by atoms with Gasteiger partial charge in [-0.25, -0.2) is 9.59 Å². The average Bonchev–Trinajstić information content (AvgIpc) is 2.55. The molecule has 0 spiro atoms. The first-order chi connectivity index (χ1) is 10.6. The molecule has 0 atom stereocenters. The Bertz CT molecular complexity index is 710. The van der Waals surface area contributed by atoms with Crippen LogP contribution in [0.2, 0.25) is 0 Å². The maximum Gasteiger partial charge on any atom is 0.346 e. The molecular weight excluding hydrogens is 276 g/mol. The largest absolute Gasteiger partial charge is 0.386 e. The first-order valence-electron chi connectivity index (χ1n) is 6.85. The van der Waals surface area contributed by atoms with Crippen LogP contribution in [0.1, 0.15) is 28.4 Å². The zero-order valence-electron chi connectivity index (χ0n) is 12.3. The normalized spacial score (nSPS) is 10.4. The van der Waals surface area contributed by atoms with Gasteiger partial charge < -0.3 is 4.74 Å². The number of benzene rings is 2. The Labute approximate surface area is 129 Å². The molecule has 0 heterocycles. The molecule has 2 rings (SSSR count). The number of rotatable bonds is 4. The minimum Gasteiger partial charge on any atom is -0.386 e. The predicted octanol–water partition coefficient (Wildman–Crippen LogP) is 4.12. The number of carbonyl (C=O) groups is 2. The molecule has 0 aromatic heterocycles. The highest BCUT2D eigenvalue weighted by molar-refractivity contribution is 6.19. The van der Waals surface area contributed by atoms with Crippen LogP contribution in [0.25, 0.3) is 11.6 Å². The van der Waals surface area contributed by atoms with Gasteiger partial charge in [0.15, 0.2) is 0 Å². The van der Waals surface area contributed by atoms with Crippen LogP contribution in [0, 0.1) is 0 Å². The van der Waals surface area contributed by atoms with E-state index in [1.165, 1.54) is 0 Å². The molecule has 0 aliphatic rings. The van der Waals surface area contributed by atoms with Crippen molar-refractivity contribution in [1.82, 2.24) is 0 Å². The molecule has 3 nitrogen and oxygen atoms in total. The van der Waals surface area contributed by atoms with Gasteiger partial charge in [-0.05, 0) is 30.2 Å². The highest BCUT2D eigenvalue weighted by Gasteiger charge is 2.16. The van der Waals surface area contributed by atoms with E-state index in [4.69, 9.17) is 4.74 Å². The number of allylic oxidation sites excluding steroid dienone is 1. The summed E-state index contributed by atoms with van der Waals surface area (Å²) in [6, 6.07) is 15.7. The Morgan fingerprint density at radius 1 is 0.955 bits per heavy atom. The fourth-order valence-corrected chi connectivity index (χ4v) is 1.88. The Hall–Kier alpha value is -2.94. The van der Waals surface area contributed by atoms with Gasteiger partial charge in [-0.2, -0.15) is 0 Å². The molecule has 0 saturated carbocycles. The number of esters is 2. The molecule has 0 N–H and O–H groups in total. The van der Waals surface area contributed by atoms with Crippen LogP contribution in [0.5, 0.6) is 0 Å². The van der Waals surface area contributed by atoms with E-state index in [1.807, 2.05) is 25.1 Å². The minimum atomic E-state index is -0.742. The molecule has 2 aromatic rings. The average molecular weight is 292 g/mol. The van der Waals surface area contributed by atoms with Gasteiger partial charge in [0, 0.05) is 0 Å². The van der Waals surface area contributed by atoms with Gasteiger partial charge in [-0.3, -0.25) is 0 Å². The summed E-state index contributed by atoms with van der Waals surface area (Å²) in [6.07, 6.45) is 3.82. The lowest BCUT2D eigenvalue weighted by Gasteiger charge is -2.06. The minimum absolute atomic E-state index is 0.152. The quantitative estimate of drug-likeness (QED) is 0.484.